The van der Waals surface area contributed by atoms with Crippen molar-refractivity contribution < 1.29 is 9.85 Å². The molecule has 0 bridgehead atoms. The summed E-state index contributed by atoms with van der Waals surface area (Å²) in [5.74, 6) is 0. The Morgan fingerprint density at radius 1 is 1.05 bits per heavy atom. The van der Waals surface area contributed by atoms with Crippen molar-refractivity contribution in [1.29, 1.82) is 5.26 Å². The molecule has 2 aromatic carbocycles. The second-order valence-corrected chi connectivity index (χ2v) is 4.35. The van der Waals surface area contributed by atoms with E-state index in [2.05, 4.69) is 5.32 Å². The number of anilines is 1. The largest absolute Gasteiger partial charge is 0.370 e. The van der Waals surface area contributed by atoms with E-state index in [4.69, 9.17) is 5.26 Å². The van der Waals surface area contributed by atoms with Crippen LogP contribution in [0.5, 0.6) is 0 Å². The van der Waals surface area contributed by atoms with Gasteiger partial charge in [-0.25, -0.2) is 0 Å². The van der Waals surface area contributed by atoms with Gasteiger partial charge in [0.2, 0.25) is 0 Å². The molecule has 2 aromatic rings. The van der Waals surface area contributed by atoms with Gasteiger partial charge in [-0.1, -0.05) is 30.3 Å². The molecule has 0 radical (unpaired) electrons. The number of nitriles is 1. The fourth-order valence-electron chi connectivity index (χ4n) is 1.93. The third kappa shape index (κ3) is 3.16. The first-order valence-corrected chi connectivity index (χ1v) is 6.17. The van der Waals surface area contributed by atoms with Crippen molar-refractivity contribution in [3.8, 4) is 6.07 Å². The van der Waals surface area contributed by atoms with Crippen molar-refractivity contribution >= 4 is 17.1 Å². The number of nitrogens with zero attached hydrogens (tertiary/aromatic N) is 3. The molecule has 0 fully saturated rings. The number of benzene rings is 2. The van der Waals surface area contributed by atoms with Crippen molar-refractivity contribution in [2.75, 3.05) is 5.32 Å². The minimum absolute atomic E-state index is 0.135. The Kier molecular flexibility index (Phi) is 4.29. The van der Waals surface area contributed by atoms with Crippen LogP contribution >= 0.6 is 0 Å². The summed E-state index contributed by atoms with van der Waals surface area (Å²) in [7, 11) is 0. The highest BCUT2D eigenvalue weighted by atomic mass is 16.6. The summed E-state index contributed by atoms with van der Waals surface area (Å²) < 4.78 is 0. The van der Waals surface area contributed by atoms with Crippen LogP contribution in [0.4, 0.5) is 17.1 Å². The summed E-state index contributed by atoms with van der Waals surface area (Å²) in [6, 6.07) is 12.7. The topological polar surface area (TPSA) is 122 Å². The zero-order chi connectivity index (χ0) is 16.1. The van der Waals surface area contributed by atoms with Crippen LogP contribution < -0.4 is 5.32 Å². The van der Waals surface area contributed by atoms with Crippen molar-refractivity contribution in [3.05, 3.63) is 73.8 Å². The Morgan fingerprint density at radius 2 is 1.59 bits per heavy atom. The van der Waals surface area contributed by atoms with Gasteiger partial charge in [-0.2, -0.15) is 5.26 Å². The van der Waals surface area contributed by atoms with E-state index in [1.54, 1.807) is 30.3 Å². The second-order valence-electron chi connectivity index (χ2n) is 4.35. The number of nitro groups is 2. The highest BCUT2D eigenvalue weighted by Crippen LogP contribution is 2.35. The molecule has 110 valence electrons. The summed E-state index contributed by atoms with van der Waals surface area (Å²) in [6.45, 7) is 0.189. The summed E-state index contributed by atoms with van der Waals surface area (Å²) in [4.78, 5) is 20.7. The monoisotopic (exact) mass is 298 g/mol. The molecule has 0 aliphatic rings. The molecule has 1 N–H and O–H groups in total. The number of hydrogen-bond acceptors (Lipinski definition) is 6. The molecule has 0 amide bonds. The molecule has 0 aromatic heterocycles. The quantitative estimate of drug-likeness (QED) is 0.668. The average Bonchev–Trinajstić information content (AvgIpc) is 2.52. The van der Waals surface area contributed by atoms with Gasteiger partial charge in [-0.05, 0) is 5.56 Å². The van der Waals surface area contributed by atoms with Crippen molar-refractivity contribution in [1.82, 2.24) is 0 Å². The molecule has 0 saturated heterocycles. The lowest BCUT2D eigenvalue weighted by Crippen LogP contribution is -2.06. The van der Waals surface area contributed by atoms with Crippen LogP contribution in [0.2, 0.25) is 0 Å². The summed E-state index contributed by atoms with van der Waals surface area (Å²) in [6.07, 6.45) is 0. The van der Waals surface area contributed by atoms with Crippen molar-refractivity contribution in [3.63, 3.8) is 0 Å². The second kappa shape index (κ2) is 6.32. The standard InChI is InChI=1S/C14H10N4O4/c15-8-11-6-12(17(19)20)14(13(7-11)18(21)22)16-9-10-4-2-1-3-5-10/h1-7,16H,9H2. The van der Waals surface area contributed by atoms with E-state index in [9.17, 15) is 20.2 Å². The fourth-order valence-corrected chi connectivity index (χ4v) is 1.93. The lowest BCUT2D eigenvalue weighted by molar-refractivity contribution is -0.392. The molecule has 0 saturated carbocycles. The van der Waals surface area contributed by atoms with Gasteiger partial charge in [0.15, 0.2) is 5.69 Å². The first-order valence-electron chi connectivity index (χ1n) is 6.17. The van der Waals surface area contributed by atoms with Crippen LogP contribution in [0.1, 0.15) is 11.1 Å². The number of nitrogens with one attached hydrogen (secondary N) is 1. The van der Waals surface area contributed by atoms with Gasteiger partial charge in [0, 0.05) is 18.7 Å². The van der Waals surface area contributed by atoms with Gasteiger partial charge in [-0.15, -0.1) is 0 Å². The molecule has 0 aliphatic heterocycles. The van der Waals surface area contributed by atoms with E-state index >= 15 is 0 Å². The maximum atomic E-state index is 11.1. The lowest BCUT2D eigenvalue weighted by atomic mass is 10.1. The molecular formula is C14H10N4O4. The molecule has 8 nitrogen and oxygen atoms in total. The van der Waals surface area contributed by atoms with Crippen molar-refractivity contribution in [2.45, 2.75) is 6.54 Å². The zero-order valence-corrected chi connectivity index (χ0v) is 11.2. The molecule has 0 unspecified atom stereocenters. The predicted molar refractivity (Wildman–Crippen MR) is 78.2 cm³/mol. The van der Waals surface area contributed by atoms with Crippen LogP contribution in [-0.2, 0) is 6.54 Å². The molecule has 0 aliphatic carbocycles. The van der Waals surface area contributed by atoms with Gasteiger partial charge in [0.25, 0.3) is 0 Å². The lowest BCUT2D eigenvalue weighted by Gasteiger charge is -2.08. The number of nitro benzene ring substituents is 2. The van der Waals surface area contributed by atoms with Gasteiger partial charge in [0.05, 0.1) is 21.5 Å². The Hall–Kier alpha value is -3.47. The van der Waals surface area contributed by atoms with E-state index in [0.29, 0.717) is 0 Å². The van der Waals surface area contributed by atoms with Crippen LogP contribution in [0.25, 0.3) is 0 Å². The van der Waals surface area contributed by atoms with E-state index in [-0.39, 0.29) is 17.8 Å². The normalized spacial score (nSPS) is 9.77. The predicted octanol–water partition coefficient (Wildman–Crippen LogP) is 2.99. The average molecular weight is 298 g/mol. The van der Waals surface area contributed by atoms with Crippen LogP contribution in [0.15, 0.2) is 42.5 Å². The Bertz CT molecular complexity index is 733. The number of hydrogen-bond donors (Lipinski definition) is 1. The smallest absolute Gasteiger partial charge is 0.300 e. The Balaban J connectivity index is 2.45. The van der Waals surface area contributed by atoms with Gasteiger partial charge >= 0.3 is 11.4 Å². The molecule has 0 atom stereocenters. The summed E-state index contributed by atoms with van der Waals surface area (Å²) >= 11 is 0. The minimum Gasteiger partial charge on any atom is -0.370 e. The Labute approximate surface area is 124 Å². The van der Waals surface area contributed by atoms with Gasteiger partial charge in [-0.3, -0.25) is 20.2 Å². The van der Waals surface area contributed by atoms with Crippen LogP contribution in [-0.4, -0.2) is 9.85 Å². The molecule has 22 heavy (non-hydrogen) atoms. The van der Waals surface area contributed by atoms with E-state index < -0.39 is 21.2 Å². The zero-order valence-electron chi connectivity index (χ0n) is 11.2. The number of rotatable bonds is 5. The van der Waals surface area contributed by atoms with Crippen LogP contribution in [0, 0.1) is 31.6 Å². The molecule has 0 spiro atoms. The fraction of sp³-hybridized carbons (Fsp3) is 0.0714. The van der Waals surface area contributed by atoms with E-state index in [0.717, 1.165) is 17.7 Å². The third-order valence-corrected chi connectivity index (χ3v) is 2.93. The molecule has 8 heteroatoms. The Morgan fingerprint density at radius 3 is 2.05 bits per heavy atom. The molecular weight excluding hydrogens is 288 g/mol. The van der Waals surface area contributed by atoms with Crippen molar-refractivity contribution in [2.24, 2.45) is 0 Å². The maximum Gasteiger partial charge on any atom is 0.300 e. The molecule has 0 heterocycles. The highest BCUT2D eigenvalue weighted by molar-refractivity contribution is 5.75. The van der Waals surface area contributed by atoms with E-state index in [1.807, 2.05) is 6.07 Å². The summed E-state index contributed by atoms with van der Waals surface area (Å²) in [5, 5.41) is 33.8. The van der Waals surface area contributed by atoms with Gasteiger partial charge in [0.1, 0.15) is 0 Å². The first-order chi connectivity index (χ1) is 10.5. The highest BCUT2D eigenvalue weighted by Gasteiger charge is 2.26. The van der Waals surface area contributed by atoms with Gasteiger partial charge < -0.3 is 5.32 Å². The van der Waals surface area contributed by atoms with Crippen LogP contribution in [0.3, 0.4) is 0 Å². The molecule has 2 rings (SSSR count). The first kappa shape index (κ1) is 14.9. The summed E-state index contributed by atoms with van der Waals surface area (Å²) in [5.41, 5.74) is -0.527. The maximum absolute atomic E-state index is 11.1. The minimum atomic E-state index is -0.749. The third-order valence-electron chi connectivity index (χ3n) is 2.93. The SMILES string of the molecule is N#Cc1cc([N+](=O)[O-])c(NCc2ccccc2)c([N+](=O)[O-])c1. The van der Waals surface area contributed by atoms with E-state index in [1.165, 1.54) is 0 Å².